The first-order valence-electron chi connectivity index (χ1n) is 5.57. The smallest absolute Gasteiger partial charge is 0.320 e. The lowest BCUT2D eigenvalue weighted by Gasteiger charge is -2.16. The fraction of sp³-hybridized carbons (Fsp3) is 0.727. The van der Waals surface area contributed by atoms with Crippen molar-refractivity contribution in [2.24, 2.45) is 5.92 Å². The third kappa shape index (κ3) is 8.22. The van der Waals surface area contributed by atoms with Crippen molar-refractivity contribution in [3.63, 3.8) is 0 Å². The van der Waals surface area contributed by atoms with Gasteiger partial charge in [0, 0.05) is 6.54 Å². The van der Waals surface area contributed by atoms with Crippen LogP contribution in [0.2, 0.25) is 0 Å². The minimum absolute atomic E-state index is 0.0465. The van der Waals surface area contributed by atoms with E-state index in [-0.39, 0.29) is 24.8 Å². The number of carbonyl (C=O) groups is 2. The molecule has 17 heavy (non-hydrogen) atoms. The van der Waals surface area contributed by atoms with Crippen molar-refractivity contribution in [2.45, 2.75) is 32.7 Å². The second-order valence-electron chi connectivity index (χ2n) is 4.16. The Morgan fingerprint density at radius 3 is 2.53 bits per heavy atom. The number of carboxylic acids is 1. The molecule has 1 amide bonds. The molecule has 0 fully saturated rings. The van der Waals surface area contributed by atoms with Crippen molar-refractivity contribution in [1.82, 2.24) is 10.6 Å². The van der Waals surface area contributed by atoms with Crippen molar-refractivity contribution < 1.29 is 14.7 Å². The summed E-state index contributed by atoms with van der Waals surface area (Å²) >= 11 is 0. The predicted octanol–water partition coefficient (Wildman–Crippen LogP) is 0.105. The van der Waals surface area contributed by atoms with Crippen molar-refractivity contribution in [1.29, 1.82) is 5.26 Å². The number of rotatable bonds is 8. The molecule has 1 atom stereocenters. The topological polar surface area (TPSA) is 102 Å². The minimum Gasteiger partial charge on any atom is -0.480 e. The average molecular weight is 241 g/mol. The number of hydrogen-bond donors (Lipinski definition) is 3. The highest BCUT2D eigenvalue weighted by Gasteiger charge is 2.18. The standard InChI is InChI=1S/C11H19N3O3/c1-8(2)6-9(11(16)17)14-7-10(15)13-5-3-4-12/h8-9,14H,3,5-7H2,1-2H3,(H,13,15)(H,16,17). The van der Waals surface area contributed by atoms with Crippen LogP contribution in [-0.4, -0.2) is 36.1 Å². The molecule has 0 saturated carbocycles. The van der Waals surface area contributed by atoms with Crippen molar-refractivity contribution in [3.8, 4) is 6.07 Å². The lowest BCUT2D eigenvalue weighted by atomic mass is 10.0. The number of carboxylic acid groups (broad SMARTS) is 1. The van der Waals surface area contributed by atoms with Gasteiger partial charge in [0.05, 0.1) is 19.0 Å². The maximum absolute atomic E-state index is 11.3. The van der Waals surface area contributed by atoms with Crippen LogP contribution in [-0.2, 0) is 9.59 Å². The molecule has 1 unspecified atom stereocenters. The molecule has 0 radical (unpaired) electrons. The Labute approximate surface area is 101 Å². The van der Waals surface area contributed by atoms with Crippen LogP contribution in [0.15, 0.2) is 0 Å². The second kappa shape index (κ2) is 8.53. The van der Waals surface area contributed by atoms with Crippen molar-refractivity contribution in [3.05, 3.63) is 0 Å². The molecule has 0 aromatic heterocycles. The van der Waals surface area contributed by atoms with E-state index >= 15 is 0 Å². The molecule has 96 valence electrons. The quantitative estimate of drug-likeness (QED) is 0.523. The van der Waals surface area contributed by atoms with Gasteiger partial charge in [-0.2, -0.15) is 5.26 Å². The molecular formula is C11H19N3O3. The number of nitriles is 1. The van der Waals surface area contributed by atoms with E-state index < -0.39 is 12.0 Å². The zero-order valence-electron chi connectivity index (χ0n) is 10.2. The monoisotopic (exact) mass is 241 g/mol. The van der Waals surface area contributed by atoms with E-state index in [0.717, 1.165) is 0 Å². The van der Waals surface area contributed by atoms with E-state index in [9.17, 15) is 9.59 Å². The molecular weight excluding hydrogens is 222 g/mol. The lowest BCUT2D eigenvalue weighted by molar-refractivity contribution is -0.140. The number of amides is 1. The van der Waals surface area contributed by atoms with E-state index in [0.29, 0.717) is 13.0 Å². The zero-order valence-corrected chi connectivity index (χ0v) is 10.2. The molecule has 0 saturated heterocycles. The Morgan fingerprint density at radius 1 is 1.41 bits per heavy atom. The molecule has 6 heteroatoms. The third-order valence-electron chi connectivity index (χ3n) is 2.07. The van der Waals surface area contributed by atoms with Gasteiger partial charge in [0.1, 0.15) is 6.04 Å². The summed E-state index contributed by atoms with van der Waals surface area (Å²) in [6.07, 6.45) is 0.723. The van der Waals surface area contributed by atoms with Crippen LogP contribution in [0.1, 0.15) is 26.7 Å². The number of carbonyl (C=O) groups excluding carboxylic acids is 1. The van der Waals surface area contributed by atoms with Gasteiger partial charge in [-0.25, -0.2) is 0 Å². The molecule has 0 bridgehead atoms. The summed E-state index contributed by atoms with van der Waals surface area (Å²) in [6, 6.07) is 1.19. The van der Waals surface area contributed by atoms with Crippen LogP contribution in [0.25, 0.3) is 0 Å². The van der Waals surface area contributed by atoms with E-state index in [1.54, 1.807) is 0 Å². The Bertz CT molecular complexity index is 297. The Balaban J connectivity index is 3.92. The first-order chi connectivity index (χ1) is 7.97. The molecule has 3 N–H and O–H groups in total. The van der Waals surface area contributed by atoms with Gasteiger partial charge in [-0.05, 0) is 12.3 Å². The average Bonchev–Trinajstić information content (AvgIpc) is 2.23. The minimum atomic E-state index is -0.955. The maximum Gasteiger partial charge on any atom is 0.320 e. The highest BCUT2D eigenvalue weighted by molar-refractivity contribution is 5.79. The van der Waals surface area contributed by atoms with Crippen molar-refractivity contribution >= 4 is 11.9 Å². The van der Waals surface area contributed by atoms with Crippen LogP contribution >= 0.6 is 0 Å². The van der Waals surface area contributed by atoms with E-state index in [1.165, 1.54) is 0 Å². The van der Waals surface area contributed by atoms with Gasteiger partial charge in [-0.1, -0.05) is 13.8 Å². The second-order valence-corrected chi connectivity index (χ2v) is 4.16. The molecule has 0 rings (SSSR count). The Morgan fingerprint density at radius 2 is 2.06 bits per heavy atom. The van der Waals surface area contributed by atoms with Gasteiger partial charge in [-0.15, -0.1) is 0 Å². The molecule has 0 spiro atoms. The molecule has 0 heterocycles. The fourth-order valence-corrected chi connectivity index (χ4v) is 1.28. The number of hydrogen-bond acceptors (Lipinski definition) is 4. The van der Waals surface area contributed by atoms with E-state index in [4.69, 9.17) is 10.4 Å². The van der Waals surface area contributed by atoms with Gasteiger partial charge in [0.15, 0.2) is 0 Å². The first-order valence-corrected chi connectivity index (χ1v) is 5.57. The van der Waals surface area contributed by atoms with Crippen molar-refractivity contribution in [2.75, 3.05) is 13.1 Å². The normalized spacial score (nSPS) is 11.9. The predicted molar refractivity (Wildman–Crippen MR) is 62.1 cm³/mol. The summed E-state index contributed by atoms with van der Waals surface area (Å²) in [5.74, 6) is -1.01. The van der Waals surface area contributed by atoms with Crippen LogP contribution in [0.5, 0.6) is 0 Å². The molecule has 6 nitrogen and oxygen atoms in total. The van der Waals surface area contributed by atoms with Gasteiger partial charge in [-0.3, -0.25) is 14.9 Å². The molecule has 0 aromatic rings. The van der Waals surface area contributed by atoms with E-state index in [2.05, 4.69) is 10.6 Å². The highest BCUT2D eigenvalue weighted by Crippen LogP contribution is 2.04. The van der Waals surface area contributed by atoms with Crippen LogP contribution < -0.4 is 10.6 Å². The first kappa shape index (κ1) is 15.4. The largest absolute Gasteiger partial charge is 0.480 e. The Hall–Kier alpha value is -1.61. The van der Waals surface area contributed by atoms with Gasteiger partial charge in [0.25, 0.3) is 0 Å². The zero-order chi connectivity index (χ0) is 13.3. The third-order valence-corrected chi connectivity index (χ3v) is 2.07. The number of nitrogens with zero attached hydrogens (tertiary/aromatic N) is 1. The SMILES string of the molecule is CC(C)CC(NCC(=O)NCCC#N)C(=O)O. The van der Waals surface area contributed by atoms with Crippen LogP contribution in [0, 0.1) is 17.2 Å². The van der Waals surface area contributed by atoms with Gasteiger partial charge in [0.2, 0.25) is 5.91 Å². The molecule has 0 aliphatic rings. The number of nitrogens with one attached hydrogen (secondary N) is 2. The Kier molecular flexibility index (Phi) is 7.72. The summed E-state index contributed by atoms with van der Waals surface area (Å²) < 4.78 is 0. The maximum atomic E-state index is 11.3. The summed E-state index contributed by atoms with van der Waals surface area (Å²) in [5, 5.41) is 22.4. The molecule has 0 aliphatic carbocycles. The van der Waals surface area contributed by atoms with Crippen LogP contribution in [0.3, 0.4) is 0 Å². The number of aliphatic carboxylic acids is 1. The van der Waals surface area contributed by atoms with Crippen LogP contribution in [0.4, 0.5) is 0 Å². The summed E-state index contributed by atoms with van der Waals surface area (Å²) in [5.41, 5.74) is 0. The molecule has 0 aliphatic heterocycles. The van der Waals surface area contributed by atoms with E-state index in [1.807, 2.05) is 19.9 Å². The highest BCUT2D eigenvalue weighted by atomic mass is 16.4. The molecule has 0 aromatic carbocycles. The lowest BCUT2D eigenvalue weighted by Crippen LogP contribution is -2.43. The fourth-order valence-electron chi connectivity index (χ4n) is 1.28. The van der Waals surface area contributed by atoms with Gasteiger partial charge >= 0.3 is 5.97 Å². The summed E-state index contributed by atoms with van der Waals surface area (Å²) in [7, 11) is 0. The van der Waals surface area contributed by atoms with Gasteiger partial charge < -0.3 is 10.4 Å². The summed E-state index contributed by atoms with van der Waals surface area (Å²) in [4.78, 5) is 22.1. The summed E-state index contributed by atoms with van der Waals surface area (Å²) in [6.45, 7) is 4.09.